The van der Waals surface area contributed by atoms with Crippen molar-refractivity contribution in [1.82, 2.24) is 24.2 Å². The number of nitrogens with one attached hydrogen (secondary N) is 2. The van der Waals surface area contributed by atoms with Gasteiger partial charge in [0.2, 0.25) is 10.0 Å². The molecule has 0 spiro atoms. The van der Waals surface area contributed by atoms with Gasteiger partial charge in [-0.1, -0.05) is 0 Å². The predicted octanol–water partition coefficient (Wildman–Crippen LogP) is 1.95. The number of aromatic nitrogens is 4. The zero-order valence-corrected chi connectivity index (χ0v) is 16.0. The van der Waals surface area contributed by atoms with Gasteiger partial charge in [0.05, 0.1) is 5.69 Å². The fourth-order valence-electron chi connectivity index (χ4n) is 2.44. The minimum Gasteiger partial charge on any atom is -0.369 e. The molecule has 2 N–H and O–H groups in total. The van der Waals surface area contributed by atoms with E-state index in [0.29, 0.717) is 17.7 Å². The maximum atomic E-state index is 13.7. The monoisotopic (exact) mass is 408 g/mol. The Labute approximate surface area is 160 Å². The van der Waals surface area contributed by atoms with E-state index in [-0.39, 0.29) is 13.1 Å². The van der Waals surface area contributed by atoms with Crippen molar-refractivity contribution in [2.24, 2.45) is 0 Å². The lowest BCUT2D eigenvalue weighted by Gasteiger charge is -2.10. The van der Waals surface area contributed by atoms with Crippen LogP contribution in [0.3, 0.4) is 0 Å². The molecule has 28 heavy (non-hydrogen) atoms. The van der Waals surface area contributed by atoms with Crippen LogP contribution in [-0.2, 0) is 10.0 Å². The van der Waals surface area contributed by atoms with Crippen LogP contribution in [0.15, 0.2) is 41.8 Å². The van der Waals surface area contributed by atoms with Gasteiger partial charge in [0.1, 0.15) is 40.8 Å². The summed E-state index contributed by atoms with van der Waals surface area (Å²) in [7, 11) is -4.17. The average Bonchev–Trinajstić information content (AvgIpc) is 3.00. The Morgan fingerprint density at radius 1 is 1.07 bits per heavy atom. The second-order valence-electron chi connectivity index (χ2n) is 5.95. The van der Waals surface area contributed by atoms with Gasteiger partial charge in [-0.2, -0.15) is 0 Å². The number of sulfonamides is 1. The maximum Gasteiger partial charge on any atom is 0.243 e. The molecule has 0 aliphatic heterocycles. The molecule has 0 radical (unpaired) electrons. The zero-order chi connectivity index (χ0) is 20.3. The van der Waals surface area contributed by atoms with Crippen LogP contribution < -0.4 is 10.0 Å². The third-order valence-corrected chi connectivity index (χ3v) is 5.53. The van der Waals surface area contributed by atoms with Gasteiger partial charge in [0.15, 0.2) is 0 Å². The highest BCUT2D eigenvalue weighted by atomic mass is 32.2. The fourth-order valence-corrected chi connectivity index (χ4v) is 3.56. The van der Waals surface area contributed by atoms with Crippen molar-refractivity contribution in [3.8, 4) is 5.82 Å². The third kappa shape index (κ3) is 4.31. The first-order valence-corrected chi connectivity index (χ1v) is 9.78. The van der Waals surface area contributed by atoms with Gasteiger partial charge < -0.3 is 5.32 Å². The summed E-state index contributed by atoms with van der Waals surface area (Å²) in [5.74, 6) is -0.767. The van der Waals surface area contributed by atoms with Crippen LogP contribution in [0.5, 0.6) is 0 Å². The fraction of sp³-hybridized carbons (Fsp3) is 0.235. The summed E-state index contributed by atoms with van der Waals surface area (Å²) in [6.45, 7) is 3.92. The summed E-state index contributed by atoms with van der Waals surface area (Å²) in [6.07, 6.45) is 3.02. The molecule has 11 heteroatoms. The maximum absolute atomic E-state index is 13.7. The minimum atomic E-state index is -4.17. The van der Waals surface area contributed by atoms with Crippen molar-refractivity contribution in [2.75, 3.05) is 18.4 Å². The van der Waals surface area contributed by atoms with Crippen LogP contribution in [0.2, 0.25) is 0 Å². The molecule has 2 aromatic heterocycles. The quantitative estimate of drug-likeness (QED) is 0.580. The van der Waals surface area contributed by atoms with E-state index in [1.165, 1.54) is 6.33 Å². The van der Waals surface area contributed by atoms with Crippen LogP contribution in [0.1, 0.15) is 11.4 Å². The lowest BCUT2D eigenvalue weighted by molar-refractivity contribution is 0.546. The Morgan fingerprint density at radius 2 is 1.86 bits per heavy atom. The van der Waals surface area contributed by atoms with Crippen molar-refractivity contribution in [1.29, 1.82) is 0 Å². The standard InChI is InChI=1S/C17H18F2N6O2S/c1-11-12(2)25(10-23-11)17-8-16(21-9-22-17)20-5-6-24-28(26,27)15-7-13(18)3-4-14(15)19/h3-4,7-10,24H,5-6H2,1-2H3,(H,20,21,22). The molecule has 8 nitrogen and oxygen atoms in total. The zero-order valence-electron chi connectivity index (χ0n) is 15.1. The normalized spacial score (nSPS) is 11.6. The molecule has 1 aromatic carbocycles. The van der Waals surface area contributed by atoms with E-state index in [1.54, 1.807) is 17.0 Å². The Bertz CT molecular complexity index is 1100. The predicted molar refractivity (Wildman–Crippen MR) is 98.7 cm³/mol. The number of anilines is 1. The first-order chi connectivity index (χ1) is 13.3. The molecule has 0 aliphatic rings. The number of nitrogens with zero attached hydrogens (tertiary/aromatic N) is 4. The van der Waals surface area contributed by atoms with Crippen molar-refractivity contribution in [2.45, 2.75) is 18.7 Å². The summed E-state index contributed by atoms with van der Waals surface area (Å²) in [5, 5.41) is 2.95. The van der Waals surface area contributed by atoms with Crippen LogP contribution in [0.4, 0.5) is 14.6 Å². The van der Waals surface area contributed by atoms with Gasteiger partial charge in [-0.15, -0.1) is 0 Å². The Morgan fingerprint density at radius 3 is 2.57 bits per heavy atom. The molecule has 0 unspecified atom stereocenters. The van der Waals surface area contributed by atoms with Crippen LogP contribution in [-0.4, -0.2) is 41.0 Å². The van der Waals surface area contributed by atoms with Crippen LogP contribution in [0.25, 0.3) is 5.82 Å². The van der Waals surface area contributed by atoms with Crippen LogP contribution in [0, 0.1) is 25.5 Å². The van der Waals surface area contributed by atoms with Gasteiger partial charge >= 0.3 is 0 Å². The number of benzene rings is 1. The summed E-state index contributed by atoms with van der Waals surface area (Å²) in [5.41, 5.74) is 1.82. The molecule has 3 rings (SSSR count). The van der Waals surface area contributed by atoms with E-state index in [4.69, 9.17) is 0 Å². The molecule has 0 atom stereocenters. The van der Waals surface area contributed by atoms with Crippen molar-refractivity contribution >= 4 is 15.8 Å². The molecule has 148 valence electrons. The highest BCUT2D eigenvalue weighted by Crippen LogP contribution is 2.16. The van der Waals surface area contributed by atoms with Gasteiger partial charge in [-0.25, -0.2) is 36.9 Å². The number of imidazole rings is 1. The summed E-state index contributed by atoms with van der Waals surface area (Å²) < 4.78 is 55.1. The largest absolute Gasteiger partial charge is 0.369 e. The number of rotatable bonds is 7. The van der Waals surface area contributed by atoms with E-state index < -0.39 is 26.6 Å². The van der Waals surface area contributed by atoms with E-state index >= 15 is 0 Å². The number of halogens is 2. The first kappa shape index (κ1) is 19.8. The number of hydrogen-bond donors (Lipinski definition) is 2. The molecule has 0 saturated carbocycles. The molecule has 0 bridgehead atoms. The number of hydrogen-bond acceptors (Lipinski definition) is 6. The molecule has 0 saturated heterocycles. The highest BCUT2D eigenvalue weighted by molar-refractivity contribution is 7.89. The second kappa shape index (κ2) is 7.98. The molecule has 0 aliphatic carbocycles. The molecule has 0 fully saturated rings. The van der Waals surface area contributed by atoms with Gasteiger partial charge in [0.25, 0.3) is 0 Å². The lowest BCUT2D eigenvalue weighted by Crippen LogP contribution is -2.29. The molecule has 2 heterocycles. The summed E-state index contributed by atoms with van der Waals surface area (Å²) in [4.78, 5) is 11.7. The van der Waals surface area contributed by atoms with Crippen molar-refractivity contribution in [3.05, 3.63) is 59.9 Å². The van der Waals surface area contributed by atoms with E-state index in [2.05, 4.69) is 25.0 Å². The third-order valence-electron chi connectivity index (χ3n) is 4.06. The van der Waals surface area contributed by atoms with Crippen LogP contribution >= 0.6 is 0 Å². The molecule has 0 amide bonds. The number of aryl methyl sites for hydroxylation is 1. The second-order valence-corrected chi connectivity index (χ2v) is 7.68. The average molecular weight is 408 g/mol. The lowest BCUT2D eigenvalue weighted by atomic mass is 10.3. The smallest absolute Gasteiger partial charge is 0.243 e. The first-order valence-electron chi connectivity index (χ1n) is 8.29. The van der Waals surface area contributed by atoms with Crippen molar-refractivity contribution in [3.63, 3.8) is 0 Å². The molecular formula is C17H18F2N6O2S. The topological polar surface area (TPSA) is 102 Å². The SMILES string of the molecule is Cc1ncn(-c2cc(NCCNS(=O)(=O)c3cc(F)ccc3F)ncn2)c1C. The van der Waals surface area contributed by atoms with E-state index in [1.807, 2.05) is 13.8 Å². The summed E-state index contributed by atoms with van der Waals surface area (Å²) in [6, 6.07) is 3.95. The minimum absolute atomic E-state index is 0.0547. The molecular weight excluding hydrogens is 390 g/mol. The van der Waals surface area contributed by atoms with Gasteiger partial charge in [-0.05, 0) is 32.0 Å². The van der Waals surface area contributed by atoms with Gasteiger partial charge in [-0.3, -0.25) is 4.57 Å². The highest BCUT2D eigenvalue weighted by Gasteiger charge is 2.19. The Hall–Kier alpha value is -2.92. The Kier molecular flexibility index (Phi) is 5.66. The van der Waals surface area contributed by atoms with E-state index in [0.717, 1.165) is 23.5 Å². The molecule has 3 aromatic rings. The van der Waals surface area contributed by atoms with Crippen molar-refractivity contribution < 1.29 is 17.2 Å². The Balaban J connectivity index is 1.62. The summed E-state index contributed by atoms with van der Waals surface area (Å²) >= 11 is 0. The van der Waals surface area contributed by atoms with Gasteiger partial charge in [0, 0.05) is 24.8 Å². The van der Waals surface area contributed by atoms with E-state index in [9.17, 15) is 17.2 Å².